The van der Waals surface area contributed by atoms with Gasteiger partial charge in [0.05, 0.1) is 4.90 Å². The minimum atomic E-state index is -3.31. The first kappa shape index (κ1) is 16.1. The molecule has 0 bridgehead atoms. The fraction of sp³-hybridized carbons (Fsp3) is 0.353. The highest BCUT2D eigenvalue weighted by Gasteiger charge is 2.26. The average Bonchev–Trinajstić information content (AvgIpc) is 3.12. The monoisotopic (exact) mass is 331 g/mol. The maximum atomic E-state index is 12.4. The second kappa shape index (κ2) is 7.21. The summed E-state index contributed by atoms with van der Waals surface area (Å²) in [6, 6.07) is 11.1. The number of pyridine rings is 1. The van der Waals surface area contributed by atoms with E-state index in [2.05, 4.69) is 10.3 Å². The van der Waals surface area contributed by atoms with Crippen LogP contribution in [-0.2, 0) is 23.1 Å². The molecule has 0 aliphatic carbocycles. The number of sulfonamides is 1. The van der Waals surface area contributed by atoms with Gasteiger partial charge in [-0.05, 0) is 42.2 Å². The predicted octanol–water partition coefficient (Wildman–Crippen LogP) is 2.16. The van der Waals surface area contributed by atoms with Crippen molar-refractivity contribution in [1.29, 1.82) is 0 Å². The zero-order valence-corrected chi connectivity index (χ0v) is 13.8. The van der Waals surface area contributed by atoms with Crippen LogP contribution < -0.4 is 5.32 Å². The van der Waals surface area contributed by atoms with Crippen LogP contribution in [0.15, 0.2) is 53.7 Å². The SMILES string of the molecule is O=S(=O)(c1ccc(CNCc2cccnc2)cc1)N1CCCC1. The molecule has 2 aromatic rings. The van der Waals surface area contributed by atoms with E-state index in [-0.39, 0.29) is 0 Å². The Kier molecular flexibility index (Phi) is 5.05. The topological polar surface area (TPSA) is 62.3 Å². The van der Waals surface area contributed by atoms with Crippen LogP contribution in [0, 0.1) is 0 Å². The van der Waals surface area contributed by atoms with E-state index in [1.807, 2.05) is 30.5 Å². The van der Waals surface area contributed by atoms with E-state index in [0.717, 1.165) is 30.5 Å². The van der Waals surface area contributed by atoms with Gasteiger partial charge in [-0.3, -0.25) is 4.98 Å². The normalized spacial score (nSPS) is 15.8. The molecule has 2 heterocycles. The number of aromatic nitrogens is 1. The average molecular weight is 331 g/mol. The van der Waals surface area contributed by atoms with E-state index in [9.17, 15) is 8.42 Å². The fourth-order valence-corrected chi connectivity index (χ4v) is 4.23. The largest absolute Gasteiger partial charge is 0.309 e. The lowest BCUT2D eigenvalue weighted by Crippen LogP contribution is -2.27. The van der Waals surface area contributed by atoms with Crippen molar-refractivity contribution in [3.8, 4) is 0 Å². The summed E-state index contributed by atoms with van der Waals surface area (Å²) < 4.78 is 26.5. The summed E-state index contributed by atoms with van der Waals surface area (Å²) in [6.45, 7) is 2.70. The molecule has 6 heteroatoms. The van der Waals surface area contributed by atoms with Gasteiger partial charge in [-0.1, -0.05) is 18.2 Å². The number of nitrogens with zero attached hydrogens (tertiary/aromatic N) is 2. The highest BCUT2D eigenvalue weighted by atomic mass is 32.2. The summed E-state index contributed by atoms with van der Waals surface area (Å²) in [5.41, 5.74) is 2.19. The molecule has 0 saturated carbocycles. The molecule has 0 atom stereocenters. The molecular weight excluding hydrogens is 310 g/mol. The summed E-state index contributed by atoms with van der Waals surface area (Å²) in [5.74, 6) is 0. The third-order valence-corrected chi connectivity index (χ3v) is 5.92. The maximum Gasteiger partial charge on any atom is 0.243 e. The maximum absolute atomic E-state index is 12.4. The van der Waals surface area contributed by atoms with Crippen LogP contribution in [0.3, 0.4) is 0 Å². The second-order valence-corrected chi connectivity index (χ2v) is 7.66. The zero-order valence-electron chi connectivity index (χ0n) is 13.0. The quantitative estimate of drug-likeness (QED) is 0.881. The van der Waals surface area contributed by atoms with Gasteiger partial charge in [0.15, 0.2) is 0 Å². The summed E-state index contributed by atoms with van der Waals surface area (Å²) in [5, 5.41) is 3.33. The van der Waals surface area contributed by atoms with Gasteiger partial charge in [0.25, 0.3) is 0 Å². The van der Waals surface area contributed by atoms with Gasteiger partial charge >= 0.3 is 0 Å². The van der Waals surface area contributed by atoms with Gasteiger partial charge in [0.1, 0.15) is 0 Å². The molecule has 1 fully saturated rings. The Labute approximate surface area is 137 Å². The van der Waals surface area contributed by atoms with Crippen molar-refractivity contribution in [2.45, 2.75) is 30.8 Å². The Morgan fingerprint density at radius 1 is 1.00 bits per heavy atom. The van der Waals surface area contributed by atoms with E-state index >= 15 is 0 Å². The molecule has 122 valence electrons. The smallest absolute Gasteiger partial charge is 0.243 e. The van der Waals surface area contributed by atoms with E-state index < -0.39 is 10.0 Å². The molecule has 1 N–H and O–H groups in total. The fourth-order valence-electron chi connectivity index (χ4n) is 2.71. The lowest BCUT2D eigenvalue weighted by atomic mass is 10.2. The van der Waals surface area contributed by atoms with Gasteiger partial charge in [0.2, 0.25) is 10.0 Å². The summed E-state index contributed by atoms with van der Waals surface area (Å²) >= 11 is 0. The summed E-state index contributed by atoms with van der Waals surface area (Å²) in [7, 11) is -3.31. The van der Waals surface area contributed by atoms with Gasteiger partial charge in [-0.2, -0.15) is 4.31 Å². The Morgan fingerprint density at radius 3 is 2.35 bits per heavy atom. The van der Waals surface area contributed by atoms with Crippen LogP contribution in [0.2, 0.25) is 0 Å². The first-order valence-corrected chi connectivity index (χ1v) is 9.29. The third kappa shape index (κ3) is 3.96. The first-order valence-electron chi connectivity index (χ1n) is 7.85. The van der Waals surface area contributed by atoms with Crippen molar-refractivity contribution in [3.05, 3.63) is 59.9 Å². The van der Waals surface area contributed by atoms with E-state index in [1.165, 1.54) is 0 Å². The second-order valence-electron chi connectivity index (χ2n) is 5.72. The molecule has 0 amide bonds. The van der Waals surface area contributed by atoms with Gasteiger partial charge in [-0.15, -0.1) is 0 Å². The summed E-state index contributed by atoms with van der Waals surface area (Å²) in [4.78, 5) is 4.46. The molecule has 0 radical (unpaired) electrons. The predicted molar refractivity (Wildman–Crippen MR) is 89.2 cm³/mol. The number of rotatable bonds is 6. The zero-order chi connectivity index (χ0) is 16.1. The molecule has 0 spiro atoms. The van der Waals surface area contributed by atoms with Gasteiger partial charge < -0.3 is 5.32 Å². The molecule has 0 unspecified atom stereocenters. The van der Waals surface area contributed by atoms with Crippen molar-refractivity contribution >= 4 is 10.0 Å². The standard InChI is InChI=1S/C17H21N3O2S/c21-23(22,20-10-1-2-11-20)17-7-5-15(6-8-17)12-19-14-16-4-3-9-18-13-16/h3-9,13,19H,1-2,10-12,14H2. The Balaban J connectivity index is 1.59. The number of hydrogen-bond donors (Lipinski definition) is 1. The van der Waals surface area contributed by atoms with Crippen LogP contribution in [-0.4, -0.2) is 30.8 Å². The molecule has 5 nitrogen and oxygen atoms in total. The van der Waals surface area contributed by atoms with Crippen molar-refractivity contribution < 1.29 is 8.42 Å². The lowest BCUT2D eigenvalue weighted by molar-refractivity contribution is 0.477. The summed E-state index contributed by atoms with van der Waals surface area (Å²) in [6.07, 6.45) is 5.49. The van der Waals surface area contributed by atoms with E-state index in [4.69, 9.17) is 0 Å². The Bertz CT molecular complexity index is 724. The molecule has 1 aliphatic rings. The van der Waals surface area contributed by atoms with Gasteiger partial charge in [0, 0.05) is 38.6 Å². The van der Waals surface area contributed by atoms with Crippen LogP contribution in [0.5, 0.6) is 0 Å². The van der Waals surface area contributed by atoms with Crippen molar-refractivity contribution in [3.63, 3.8) is 0 Å². The van der Waals surface area contributed by atoms with Crippen LogP contribution in [0.1, 0.15) is 24.0 Å². The highest BCUT2D eigenvalue weighted by molar-refractivity contribution is 7.89. The number of hydrogen-bond acceptors (Lipinski definition) is 4. The molecule has 1 aromatic carbocycles. The number of nitrogens with one attached hydrogen (secondary N) is 1. The minimum Gasteiger partial charge on any atom is -0.309 e. The van der Waals surface area contributed by atoms with Crippen molar-refractivity contribution in [1.82, 2.24) is 14.6 Å². The first-order chi connectivity index (χ1) is 11.2. The third-order valence-electron chi connectivity index (χ3n) is 4.01. The van der Waals surface area contributed by atoms with E-state index in [0.29, 0.717) is 24.5 Å². The molecule has 1 aromatic heterocycles. The van der Waals surface area contributed by atoms with E-state index in [1.54, 1.807) is 22.6 Å². The highest BCUT2D eigenvalue weighted by Crippen LogP contribution is 2.21. The molecule has 1 aliphatic heterocycles. The van der Waals surface area contributed by atoms with Gasteiger partial charge in [-0.25, -0.2) is 8.42 Å². The van der Waals surface area contributed by atoms with Crippen molar-refractivity contribution in [2.75, 3.05) is 13.1 Å². The molecule has 1 saturated heterocycles. The van der Waals surface area contributed by atoms with Crippen molar-refractivity contribution in [2.24, 2.45) is 0 Å². The molecule has 23 heavy (non-hydrogen) atoms. The van der Waals surface area contributed by atoms with Crippen LogP contribution in [0.25, 0.3) is 0 Å². The minimum absolute atomic E-state index is 0.385. The van der Waals surface area contributed by atoms with Crippen LogP contribution >= 0.6 is 0 Å². The molecule has 3 rings (SSSR count). The van der Waals surface area contributed by atoms with Crippen LogP contribution in [0.4, 0.5) is 0 Å². The Morgan fingerprint density at radius 2 is 1.70 bits per heavy atom. The Hall–Kier alpha value is -1.76. The lowest BCUT2D eigenvalue weighted by Gasteiger charge is -2.15. The molecular formula is C17H21N3O2S. The number of benzene rings is 1.